The number of hydrogen-bond acceptors (Lipinski definition) is 2. The quantitative estimate of drug-likeness (QED) is 0.333. The number of likely N-dealkylation sites (N-methyl/N-ethyl adjacent to an activating group) is 1. The molecule has 0 heterocycles. The lowest BCUT2D eigenvalue weighted by molar-refractivity contribution is 0.783. The van der Waals surface area contributed by atoms with Gasteiger partial charge < -0.3 is 16.0 Å². The van der Waals surface area contributed by atoms with E-state index in [1.165, 1.54) is 5.69 Å². The van der Waals surface area contributed by atoms with Gasteiger partial charge >= 0.3 is 0 Å². The summed E-state index contributed by atoms with van der Waals surface area (Å²) in [4.78, 5) is 6.44. The standard InChI is InChI=1S/C14H24N4.HI/c1-3-4-10-16-14(15)17-11-12-18(2)13-8-6-5-7-9-13;/h5-9H,3-4,10-12H2,1-2H3,(H3,15,16,17);1H. The minimum atomic E-state index is 0. The third-order valence-corrected chi connectivity index (χ3v) is 2.74. The van der Waals surface area contributed by atoms with Crippen LogP contribution in [0, 0.1) is 0 Å². The molecule has 0 aliphatic heterocycles. The lowest BCUT2D eigenvalue weighted by Crippen LogP contribution is -2.37. The number of nitrogens with one attached hydrogen (secondary N) is 1. The van der Waals surface area contributed by atoms with Crippen molar-refractivity contribution in [2.24, 2.45) is 10.7 Å². The highest BCUT2D eigenvalue weighted by atomic mass is 127. The Bertz CT molecular complexity index is 354. The minimum absolute atomic E-state index is 0. The number of nitrogens with two attached hydrogens (primary N) is 1. The monoisotopic (exact) mass is 376 g/mol. The van der Waals surface area contributed by atoms with E-state index in [1.807, 2.05) is 18.2 Å². The predicted molar refractivity (Wildman–Crippen MR) is 94.5 cm³/mol. The maximum Gasteiger partial charge on any atom is 0.188 e. The van der Waals surface area contributed by atoms with Gasteiger partial charge in [-0.05, 0) is 18.6 Å². The minimum Gasteiger partial charge on any atom is -0.373 e. The van der Waals surface area contributed by atoms with Gasteiger partial charge in [-0.3, -0.25) is 4.99 Å². The van der Waals surface area contributed by atoms with Crippen LogP contribution in [0.1, 0.15) is 19.8 Å². The molecular weight excluding hydrogens is 351 g/mol. The molecule has 5 heteroatoms. The largest absolute Gasteiger partial charge is 0.373 e. The van der Waals surface area contributed by atoms with Crippen LogP contribution in [0.25, 0.3) is 0 Å². The van der Waals surface area contributed by atoms with Crippen molar-refractivity contribution >= 4 is 35.6 Å². The summed E-state index contributed by atoms with van der Waals surface area (Å²) < 4.78 is 0. The number of aliphatic imine (C=N–C) groups is 1. The highest BCUT2D eigenvalue weighted by molar-refractivity contribution is 14.0. The van der Waals surface area contributed by atoms with Gasteiger partial charge in [0.15, 0.2) is 5.96 Å². The van der Waals surface area contributed by atoms with Gasteiger partial charge in [-0.15, -0.1) is 24.0 Å². The first-order chi connectivity index (χ1) is 8.74. The summed E-state index contributed by atoms with van der Waals surface area (Å²) in [5.41, 5.74) is 6.97. The van der Waals surface area contributed by atoms with Crippen LogP contribution in [0.4, 0.5) is 5.69 Å². The Morgan fingerprint density at radius 2 is 2.00 bits per heavy atom. The Labute approximate surface area is 133 Å². The van der Waals surface area contributed by atoms with Crippen LogP contribution in [0.5, 0.6) is 0 Å². The Balaban J connectivity index is 0.00000324. The molecule has 0 atom stereocenters. The van der Waals surface area contributed by atoms with Gasteiger partial charge in [0.05, 0.1) is 0 Å². The molecule has 0 aliphatic carbocycles. The number of nitrogens with zero attached hydrogens (tertiary/aromatic N) is 2. The molecule has 0 spiro atoms. The van der Waals surface area contributed by atoms with E-state index >= 15 is 0 Å². The fraction of sp³-hybridized carbons (Fsp3) is 0.500. The smallest absolute Gasteiger partial charge is 0.188 e. The van der Waals surface area contributed by atoms with E-state index in [0.29, 0.717) is 5.96 Å². The van der Waals surface area contributed by atoms with Crippen LogP contribution in [-0.4, -0.2) is 32.6 Å². The molecule has 0 fully saturated rings. The second kappa shape index (κ2) is 10.9. The third kappa shape index (κ3) is 7.92. The van der Waals surface area contributed by atoms with Crippen LogP contribution in [0.3, 0.4) is 0 Å². The van der Waals surface area contributed by atoms with Crippen LogP contribution in [0.15, 0.2) is 35.3 Å². The van der Waals surface area contributed by atoms with Crippen molar-refractivity contribution in [1.29, 1.82) is 0 Å². The molecule has 0 bridgehead atoms. The number of unbranched alkanes of at least 4 members (excludes halogenated alkanes) is 1. The molecule has 0 radical (unpaired) electrons. The van der Waals surface area contributed by atoms with E-state index in [-0.39, 0.29) is 24.0 Å². The van der Waals surface area contributed by atoms with Gasteiger partial charge in [0, 0.05) is 32.4 Å². The van der Waals surface area contributed by atoms with Gasteiger partial charge in [-0.1, -0.05) is 31.5 Å². The van der Waals surface area contributed by atoms with E-state index in [0.717, 1.165) is 32.5 Å². The highest BCUT2D eigenvalue weighted by Gasteiger charge is 1.99. The van der Waals surface area contributed by atoms with Gasteiger partial charge in [0.2, 0.25) is 0 Å². The summed E-state index contributed by atoms with van der Waals surface area (Å²) in [6.07, 6.45) is 2.24. The van der Waals surface area contributed by atoms with Crippen molar-refractivity contribution in [3.05, 3.63) is 30.3 Å². The maximum absolute atomic E-state index is 5.76. The molecule has 108 valence electrons. The first-order valence-electron chi connectivity index (χ1n) is 6.54. The van der Waals surface area contributed by atoms with Crippen molar-refractivity contribution < 1.29 is 0 Å². The fourth-order valence-electron chi connectivity index (χ4n) is 1.58. The molecule has 1 rings (SSSR count). The lowest BCUT2D eigenvalue weighted by atomic mass is 10.3. The number of anilines is 1. The van der Waals surface area contributed by atoms with Gasteiger partial charge in [0.1, 0.15) is 0 Å². The maximum atomic E-state index is 5.76. The SMILES string of the molecule is CCCCN=C(N)NCCN(C)c1ccccc1.I. The van der Waals surface area contributed by atoms with E-state index in [4.69, 9.17) is 5.73 Å². The van der Waals surface area contributed by atoms with Crippen LogP contribution >= 0.6 is 24.0 Å². The molecule has 0 saturated carbocycles. The summed E-state index contributed by atoms with van der Waals surface area (Å²) in [6.45, 7) is 4.65. The third-order valence-electron chi connectivity index (χ3n) is 2.74. The Kier molecular flexibility index (Phi) is 10.3. The molecule has 4 nitrogen and oxygen atoms in total. The number of halogens is 1. The zero-order valence-corrected chi connectivity index (χ0v) is 14.1. The van der Waals surface area contributed by atoms with Crippen molar-refractivity contribution in [1.82, 2.24) is 5.32 Å². The number of hydrogen-bond donors (Lipinski definition) is 2. The summed E-state index contributed by atoms with van der Waals surface area (Å²) in [7, 11) is 2.07. The topological polar surface area (TPSA) is 53.6 Å². The summed E-state index contributed by atoms with van der Waals surface area (Å²) in [6, 6.07) is 10.3. The number of para-hydroxylation sites is 1. The molecule has 0 unspecified atom stereocenters. The lowest BCUT2D eigenvalue weighted by Gasteiger charge is -2.19. The number of guanidine groups is 1. The van der Waals surface area contributed by atoms with E-state index in [1.54, 1.807) is 0 Å². The van der Waals surface area contributed by atoms with E-state index in [2.05, 4.69) is 41.3 Å². The number of rotatable bonds is 7. The van der Waals surface area contributed by atoms with Gasteiger partial charge in [-0.25, -0.2) is 0 Å². The predicted octanol–water partition coefficient (Wildman–Crippen LogP) is 2.45. The van der Waals surface area contributed by atoms with E-state index < -0.39 is 0 Å². The summed E-state index contributed by atoms with van der Waals surface area (Å²) >= 11 is 0. The van der Waals surface area contributed by atoms with Crippen LogP contribution in [-0.2, 0) is 0 Å². The van der Waals surface area contributed by atoms with E-state index in [9.17, 15) is 0 Å². The Morgan fingerprint density at radius 3 is 2.63 bits per heavy atom. The zero-order chi connectivity index (χ0) is 13.2. The molecule has 0 aliphatic rings. The van der Waals surface area contributed by atoms with Gasteiger partial charge in [0.25, 0.3) is 0 Å². The zero-order valence-electron chi connectivity index (χ0n) is 11.8. The van der Waals surface area contributed by atoms with Crippen molar-refractivity contribution in [3.63, 3.8) is 0 Å². The molecular formula is C14H25IN4. The number of benzene rings is 1. The average molecular weight is 376 g/mol. The molecule has 0 amide bonds. The molecule has 1 aromatic carbocycles. The normalized spacial score (nSPS) is 10.7. The second-order valence-electron chi connectivity index (χ2n) is 4.30. The molecule has 1 aromatic rings. The van der Waals surface area contributed by atoms with Crippen LogP contribution in [0.2, 0.25) is 0 Å². The average Bonchev–Trinajstić information content (AvgIpc) is 2.40. The molecule has 0 aromatic heterocycles. The Hall–Kier alpha value is -0.980. The summed E-state index contributed by atoms with van der Waals surface area (Å²) in [5.74, 6) is 0.546. The van der Waals surface area contributed by atoms with Crippen molar-refractivity contribution in [2.45, 2.75) is 19.8 Å². The van der Waals surface area contributed by atoms with Gasteiger partial charge in [-0.2, -0.15) is 0 Å². The molecule has 0 saturated heterocycles. The molecule has 3 N–H and O–H groups in total. The highest BCUT2D eigenvalue weighted by Crippen LogP contribution is 2.09. The molecule has 19 heavy (non-hydrogen) atoms. The fourth-order valence-corrected chi connectivity index (χ4v) is 1.58. The van der Waals surface area contributed by atoms with Crippen molar-refractivity contribution in [2.75, 3.05) is 31.6 Å². The summed E-state index contributed by atoms with van der Waals surface area (Å²) in [5, 5.41) is 3.13. The first kappa shape index (κ1) is 18.0. The van der Waals surface area contributed by atoms with Crippen LogP contribution < -0.4 is 16.0 Å². The Morgan fingerprint density at radius 1 is 1.32 bits per heavy atom. The van der Waals surface area contributed by atoms with Crippen molar-refractivity contribution in [3.8, 4) is 0 Å². The first-order valence-corrected chi connectivity index (χ1v) is 6.54. The second-order valence-corrected chi connectivity index (χ2v) is 4.30.